The van der Waals surface area contributed by atoms with Gasteiger partial charge in [0, 0.05) is 31.1 Å². The summed E-state index contributed by atoms with van der Waals surface area (Å²) < 4.78 is 0. The van der Waals surface area contributed by atoms with E-state index in [4.69, 9.17) is 5.73 Å². The predicted molar refractivity (Wildman–Crippen MR) is 75.7 cm³/mol. The molecule has 2 heterocycles. The summed E-state index contributed by atoms with van der Waals surface area (Å²) in [4.78, 5) is 17.1. The van der Waals surface area contributed by atoms with Crippen LogP contribution in [0.1, 0.15) is 39.5 Å². The second kappa shape index (κ2) is 4.74. The van der Waals surface area contributed by atoms with Crippen LogP contribution >= 0.6 is 0 Å². The lowest BCUT2D eigenvalue weighted by atomic mass is 10.0. The van der Waals surface area contributed by atoms with E-state index in [0.717, 1.165) is 51.9 Å². The molecule has 2 N–H and O–H groups in total. The summed E-state index contributed by atoms with van der Waals surface area (Å²) in [5.41, 5.74) is 6.21. The zero-order valence-corrected chi connectivity index (χ0v) is 12.3. The molecule has 1 amide bonds. The average molecular weight is 265 g/mol. The lowest BCUT2D eigenvalue weighted by molar-refractivity contribution is -0.132. The van der Waals surface area contributed by atoms with Crippen molar-refractivity contribution in [3.63, 3.8) is 0 Å². The Kier molecular flexibility index (Phi) is 3.34. The molecule has 3 aliphatic rings. The van der Waals surface area contributed by atoms with Gasteiger partial charge >= 0.3 is 0 Å². The fourth-order valence-electron chi connectivity index (χ4n) is 3.63. The Balaban J connectivity index is 1.51. The van der Waals surface area contributed by atoms with E-state index in [1.54, 1.807) is 0 Å². The van der Waals surface area contributed by atoms with Crippen molar-refractivity contribution in [3.8, 4) is 0 Å². The number of carbonyl (C=O) groups excluding carboxylic acids is 1. The molecule has 2 atom stereocenters. The van der Waals surface area contributed by atoms with Crippen LogP contribution in [0.15, 0.2) is 0 Å². The van der Waals surface area contributed by atoms with Crippen LogP contribution in [0.2, 0.25) is 0 Å². The molecule has 1 aliphatic carbocycles. The van der Waals surface area contributed by atoms with Gasteiger partial charge in [-0.2, -0.15) is 0 Å². The number of amides is 1. The number of hydrogen-bond acceptors (Lipinski definition) is 3. The van der Waals surface area contributed by atoms with Crippen LogP contribution in [0.4, 0.5) is 0 Å². The van der Waals surface area contributed by atoms with Crippen LogP contribution in [0.3, 0.4) is 0 Å². The van der Waals surface area contributed by atoms with Crippen LogP contribution in [-0.2, 0) is 4.79 Å². The molecule has 0 spiro atoms. The average Bonchev–Trinajstić information content (AvgIpc) is 2.81. The normalized spacial score (nSPS) is 35.6. The first kappa shape index (κ1) is 13.4. The van der Waals surface area contributed by atoms with Crippen molar-refractivity contribution in [1.82, 2.24) is 9.80 Å². The molecule has 0 radical (unpaired) electrons. The molecule has 0 aromatic carbocycles. The fraction of sp³-hybridized carbons (Fsp3) is 0.933. The SMILES string of the molecule is CC1(C)CC1C(=O)N1CCC(N2CCC(N)CC2)C1. The first-order valence-electron chi connectivity index (χ1n) is 7.76. The number of nitrogens with zero attached hydrogens (tertiary/aromatic N) is 2. The molecule has 3 rings (SSSR count). The van der Waals surface area contributed by atoms with E-state index in [9.17, 15) is 4.79 Å². The number of hydrogen-bond donors (Lipinski definition) is 1. The highest BCUT2D eigenvalue weighted by molar-refractivity contribution is 5.82. The van der Waals surface area contributed by atoms with E-state index in [1.165, 1.54) is 0 Å². The zero-order chi connectivity index (χ0) is 13.6. The van der Waals surface area contributed by atoms with Gasteiger partial charge in [0.1, 0.15) is 0 Å². The highest BCUT2D eigenvalue weighted by atomic mass is 16.2. The van der Waals surface area contributed by atoms with Crippen LogP contribution in [0.5, 0.6) is 0 Å². The van der Waals surface area contributed by atoms with E-state index in [2.05, 4.69) is 23.6 Å². The summed E-state index contributed by atoms with van der Waals surface area (Å²) in [6.45, 7) is 8.54. The first-order chi connectivity index (χ1) is 8.97. The smallest absolute Gasteiger partial charge is 0.226 e. The Morgan fingerprint density at radius 2 is 1.79 bits per heavy atom. The van der Waals surface area contributed by atoms with Crippen molar-refractivity contribution in [2.24, 2.45) is 17.1 Å². The fourth-order valence-corrected chi connectivity index (χ4v) is 3.63. The molecule has 2 unspecified atom stereocenters. The van der Waals surface area contributed by atoms with E-state index in [1.807, 2.05) is 0 Å². The van der Waals surface area contributed by atoms with Crippen molar-refractivity contribution >= 4 is 5.91 Å². The molecule has 2 aliphatic heterocycles. The molecule has 0 aromatic heterocycles. The van der Waals surface area contributed by atoms with E-state index in [0.29, 0.717) is 23.9 Å². The van der Waals surface area contributed by atoms with Gasteiger partial charge in [-0.15, -0.1) is 0 Å². The van der Waals surface area contributed by atoms with E-state index in [-0.39, 0.29) is 5.41 Å². The standard InChI is InChI=1S/C15H27N3O/c1-15(2)9-13(15)14(19)18-8-5-12(10-18)17-6-3-11(16)4-7-17/h11-13H,3-10,16H2,1-2H3. The predicted octanol–water partition coefficient (Wildman–Crippen LogP) is 1.06. The molecule has 19 heavy (non-hydrogen) atoms. The minimum atomic E-state index is 0.257. The van der Waals surface area contributed by atoms with Crippen LogP contribution < -0.4 is 5.73 Å². The van der Waals surface area contributed by atoms with Crippen molar-refractivity contribution in [3.05, 3.63) is 0 Å². The third kappa shape index (κ3) is 2.65. The molecule has 1 saturated carbocycles. The first-order valence-corrected chi connectivity index (χ1v) is 7.76. The topological polar surface area (TPSA) is 49.6 Å². The monoisotopic (exact) mass is 265 g/mol. The van der Waals surface area contributed by atoms with Gasteiger partial charge in [-0.3, -0.25) is 9.69 Å². The van der Waals surface area contributed by atoms with Crippen molar-refractivity contribution < 1.29 is 4.79 Å². The van der Waals surface area contributed by atoms with Gasteiger partial charge < -0.3 is 10.6 Å². The van der Waals surface area contributed by atoms with Gasteiger partial charge in [-0.1, -0.05) is 13.8 Å². The van der Waals surface area contributed by atoms with Gasteiger partial charge in [-0.05, 0) is 44.2 Å². The number of piperidine rings is 1. The number of likely N-dealkylation sites (tertiary alicyclic amines) is 2. The summed E-state index contributed by atoms with van der Waals surface area (Å²) in [6, 6.07) is 0.973. The molecule has 4 nitrogen and oxygen atoms in total. The maximum absolute atomic E-state index is 12.4. The zero-order valence-electron chi connectivity index (χ0n) is 12.3. The van der Waals surface area contributed by atoms with Gasteiger partial charge in [0.25, 0.3) is 0 Å². The summed E-state index contributed by atoms with van der Waals surface area (Å²) >= 11 is 0. The summed E-state index contributed by atoms with van der Waals surface area (Å²) in [6.07, 6.45) is 4.44. The van der Waals surface area contributed by atoms with Crippen LogP contribution in [-0.4, -0.2) is 54.0 Å². The van der Waals surface area contributed by atoms with E-state index >= 15 is 0 Å². The molecule has 3 fully saturated rings. The highest BCUT2D eigenvalue weighted by Crippen LogP contribution is 2.52. The van der Waals surface area contributed by atoms with Crippen LogP contribution in [0, 0.1) is 11.3 Å². The number of carbonyl (C=O) groups is 1. The maximum Gasteiger partial charge on any atom is 0.226 e. The molecular formula is C15H27N3O. The van der Waals surface area contributed by atoms with Gasteiger partial charge in [-0.25, -0.2) is 0 Å². The lowest BCUT2D eigenvalue weighted by Gasteiger charge is -2.34. The number of nitrogens with two attached hydrogens (primary N) is 1. The summed E-state index contributed by atoms with van der Waals surface area (Å²) in [5, 5.41) is 0. The Labute approximate surface area is 116 Å². The third-order valence-electron chi connectivity index (χ3n) is 5.38. The Morgan fingerprint density at radius 3 is 2.37 bits per heavy atom. The summed E-state index contributed by atoms with van der Waals surface area (Å²) in [7, 11) is 0. The molecule has 4 heteroatoms. The minimum absolute atomic E-state index is 0.257. The van der Waals surface area contributed by atoms with Crippen LogP contribution in [0.25, 0.3) is 0 Å². The second-order valence-electron chi connectivity index (χ2n) is 7.35. The molecule has 0 bridgehead atoms. The minimum Gasteiger partial charge on any atom is -0.341 e. The number of rotatable bonds is 2. The Hall–Kier alpha value is -0.610. The second-order valence-corrected chi connectivity index (χ2v) is 7.35. The quantitative estimate of drug-likeness (QED) is 0.812. The van der Waals surface area contributed by atoms with Gasteiger partial charge in [0.05, 0.1) is 0 Å². The molecule has 108 valence electrons. The van der Waals surface area contributed by atoms with Crippen molar-refractivity contribution in [1.29, 1.82) is 0 Å². The molecular weight excluding hydrogens is 238 g/mol. The highest BCUT2D eigenvalue weighted by Gasteiger charge is 2.52. The Morgan fingerprint density at radius 1 is 1.16 bits per heavy atom. The Bertz CT molecular complexity index is 360. The van der Waals surface area contributed by atoms with Crippen molar-refractivity contribution in [2.75, 3.05) is 26.2 Å². The van der Waals surface area contributed by atoms with E-state index < -0.39 is 0 Å². The molecule has 2 saturated heterocycles. The molecule has 0 aromatic rings. The largest absolute Gasteiger partial charge is 0.341 e. The van der Waals surface area contributed by atoms with Gasteiger partial charge in [0.15, 0.2) is 0 Å². The summed E-state index contributed by atoms with van der Waals surface area (Å²) in [5.74, 6) is 0.697. The maximum atomic E-state index is 12.4. The lowest BCUT2D eigenvalue weighted by Crippen LogP contribution is -2.46. The van der Waals surface area contributed by atoms with Gasteiger partial charge in [0.2, 0.25) is 5.91 Å². The third-order valence-corrected chi connectivity index (χ3v) is 5.38. The van der Waals surface area contributed by atoms with Crippen molar-refractivity contribution in [2.45, 2.75) is 51.6 Å².